The fraction of sp³-hybridized carbons (Fsp3) is 1.00. The van der Waals surface area contributed by atoms with Gasteiger partial charge in [-0.15, -0.1) is 0 Å². The maximum absolute atomic E-state index is 9.11. The molecule has 1 rings (SSSR count). The zero-order chi connectivity index (χ0) is 31.2. The van der Waals surface area contributed by atoms with Crippen LogP contribution in [0.2, 0.25) is 0 Å². The van der Waals surface area contributed by atoms with Gasteiger partial charge in [-0.3, -0.25) is 0 Å². The summed E-state index contributed by atoms with van der Waals surface area (Å²) >= 11 is 0. The van der Waals surface area contributed by atoms with E-state index in [0.29, 0.717) is 25.0 Å². The van der Waals surface area contributed by atoms with Crippen molar-refractivity contribution < 1.29 is 10.2 Å². The van der Waals surface area contributed by atoms with E-state index in [1.165, 1.54) is 128 Å². The highest BCUT2D eigenvalue weighted by Crippen LogP contribution is 2.40. The van der Waals surface area contributed by atoms with Crippen molar-refractivity contribution in [2.45, 2.75) is 190 Å². The number of hydrogen-bond acceptors (Lipinski definition) is 2. The number of rotatable bonds is 28. The van der Waals surface area contributed by atoms with E-state index in [1.54, 1.807) is 0 Å². The summed E-state index contributed by atoms with van der Waals surface area (Å²) in [5, 5.41) is 18.2. The van der Waals surface area contributed by atoms with Crippen LogP contribution < -0.4 is 0 Å². The maximum Gasteiger partial charge on any atom is 0.0433 e. The monoisotopic (exact) mass is 593 g/mol. The highest BCUT2D eigenvalue weighted by atomic mass is 16.3. The fourth-order valence-corrected chi connectivity index (χ4v) is 7.99. The largest absolute Gasteiger partial charge is 0.396 e. The van der Waals surface area contributed by atoms with Gasteiger partial charge < -0.3 is 10.2 Å². The average molecular weight is 593 g/mol. The van der Waals surface area contributed by atoms with E-state index in [2.05, 4.69) is 48.5 Å². The summed E-state index contributed by atoms with van der Waals surface area (Å²) in [6, 6.07) is 0. The van der Waals surface area contributed by atoms with E-state index in [4.69, 9.17) is 10.2 Å². The van der Waals surface area contributed by atoms with E-state index in [0.717, 1.165) is 54.3 Å². The molecule has 1 aliphatic rings. The lowest BCUT2D eigenvalue weighted by molar-refractivity contribution is 0.254. The molecule has 9 unspecified atom stereocenters. The first-order chi connectivity index (χ1) is 20.1. The topological polar surface area (TPSA) is 40.5 Å². The lowest BCUT2D eigenvalue weighted by atomic mass is 9.85. The van der Waals surface area contributed by atoms with Gasteiger partial charge in [0.2, 0.25) is 0 Å². The highest BCUT2D eigenvalue weighted by Gasteiger charge is 2.28. The summed E-state index contributed by atoms with van der Waals surface area (Å²) < 4.78 is 0. The fourth-order valence-electron chi connectivity index (χ4n) is 7.99. The zero-order valence-electron chi connectivity index (χ0n) is 30.1. The quantitative estimate of drug-likeness (QED) is 0.0948. The molecule has 1 saturated carbocycles. The van der Waals surface area contributed by atoms with Gasteiger partial charge in [-0.2, -0.15) is 0 Å². The molecular weight excluding hydrogens is 512 g/mol. The van der Waals surface area contributed by atoms with Crippen LogP contribution in [0.4, 0.5) is 0 Å². The molecule has 0 aromatic heterocycles. The van der Waals surface area contributed by atoms with Crippen molar-refractivity contribution in [3.8, 4) is 0 Å². The molecule has 0 aromatic rings. The van der Waals surface area contributed by atoms with Crippen molar-refractivity contribution in [2.75, 3.05) is 13.2 Å². The van der Waals surface area contributed by atoms with Gasteiger partial charge in [-0.05, 0) is 78.9 Å². The molecule has 252 valence electrons. The Labute approximate surface area is 266 Å². The van der Waals surface area contributed by atoms with Crippen molar-refractivity contribution in [2.24, 2.45) is 53.3 Å². The Morgan fingerprint density at radius 2 is 0.786 bits per heavy atom. The summed E-state index contributed by atoms with van der Waals surface area (Å²) in [5.41, 5.74) is 0. The predicted molar refractivity (Wildman–Crippen MR) is 187 cm³/mol. The Balaban J connectivity index is 2.02. The first-order valence-corrected chi connectivity index (χ1v) is 19.4. The normalized spacial score (nSPS) is 22.5. The minimum Gasteiger partial charge on any atom is -0.396 e. The van der Waals surface area contributed by atoms with E-state index in [-0.39, 0.29) is 0 Å². The Morgan fingerprint density at radius 1 is 0.429 bits per heavy atom. The van der Waals surface area contributed by atoms with Gasteiger partial charge in [0.05, 0.1) is 0 Å². The van der Waals surface area contributed by atoms with Gasteiger partial charge in [0.15, 0.2) is 0 Å². The van der Waals surface area contributed by atoms with E-state index >= 15 is 0 Å². The molecule has 0 aromatic carbocycles. The van der Waals surface area contributed by atoms with Gasteiger partial charge in [0, 0.05) is 13.2 Å². The summed E-state index contributed by atoms with van der Waals surface area (Å²) in [5.74, 6) is 7.83. The summed E-state index contributed by atoms with van der Waals surface area (Å²) in [7, 11) is 0. The summed E-state index contributed by atoms with van der Waals surface area (Å²) in [6.45, 7) is 17.8. The maximum atomic E-state index is 9.11. The molecule has 0 heterocycles. The molecule has 0 bridgehead atoms. The van der Waals surface area contributed by atoms with E-state index in [1.807, 2.05) is 0 Å². The lowest BCUT2D eigenvalue weighted by Crippen LogP contribution is -2.10. The lowest BCUT2D eigenvalue weighted by Gasteiger charge is -2.21. The van der Waals surface area contributed by atoms with Crippen LogP contribution in [0, 0.1) is 53.3 Å². The molecule has 1 fully saturated rings. The van der Waals surface area contributed by atoms with Crippen LogP contribution in [0.3, 0.4) is 0 Å². The van der Waals surface area contributed by atoms with Crippen LogP contribution in [0.15, 0.2) is 0 Å². The predicted octanol–water partition coefficient (Wildman–Crippen LogP) is 12.3. The first-order valence-electron chi connectivity index (χ1n) is 19.4. The van der Waals surface area contributed by atoms with Crippen LogP contribution in [-0.4, -0.2) is 23.4 Å². The number of hydrogen-bond donors (Lipinski definition) is 2. The first kappa shape index (κ1) is 39.9. The average Bonchev–Trinajstić information content (AvgIpc) is 3.41. The molecule has 42 heavy (non-hydrogen) atoms. The second-order valence-corrected chi connectivity index (χ2v) is 16.3. The Kier molecular flexibility index (Phi) is 23.9. The Hall–Kier alpha value is -0.0800. The standard InChI is InChI=1S/C40H80O2/c1-32(13-8-14-33(2)16-10-18-36(5)27-29-41)15-9-17-34(3)23-24-35(4)19-11-21-38(7)40-26-25-39(31-40)22-12-20-37(6)28-30-42/h32-42H,8-31H2,1-7H3. The van der Waals surface area contributed by atoms with Gasteiger partial charge >= 0.3 is 0 Å². The summed E-state index contributed by atoms with van der Waals surface area (Å²) in [4.78, 5) is 0. The third-order valence-electron chi connectivity index (χ3n) is 11.6. The molecule has 0 aliphatic heterocycles. The molecule has 2 nitrogen and oxygen atoms in total. The SMILES string of the molecule is CC(CCO)CCCC(C)CCCC(C)CCCC(C)CCC(C)CCCC(C)C1CCC(CCCC(C)CCO)C1. The third-order valence-corrected chi connectivity index (χ3v) is 11.6. The molecule has 0 amide bonds. The molecule has 1 aliphatic carbocycles. The van der Waals surface area contributed by atoms with Crippen LogP contribution >= 0.6 is 0 Å². The van der Waals surface area contributed by atoms with Gasteiger partial charge in [-0.1, -0.05) is 164 Å². The minimum absolute atomic E-state index is 0.349. The smallest absolute Gasteiger partial charge is 0.0433 e. The molecule has 2 N–H and O–H groups in total. The van der Waals surface area contributed by atoms with Gasteiger partial charge in [0.25, 0.3) is 0 Å². The van der Waals surface area contributed by atoms with Crippen LogP contribution in [-0.2, 0) is 0 Å². The van der Waals surface area contributed by atoms with Crippen LogP contribution in [0.1, 0.15) is 190 Å². The van der Waals surface area contributed by atoms with Gasteiger partial charge in [0.1, 0.15) is 0 Å². The van der Waals surface area contributed by atoms with Crippen LogP contribution in [0.25, 0.3) is 0 Å². The minimum atomic E-state index is 0.349. The van der Waals surface area contributed by atoms with Crippen molar-refractivity contribution in [1.29, 1.82) is 0 Å². The molecule has 9 atom stereocenters. The van der Waals surface area contributed by atoms with Gasteiger partial charge in [-0.25, -0.2) is 0 Å². The van der Waals surface area contributed by atoms with Crippen LogP contribution in [0.5, 0.6) is 0 Å². The zero-order valence-corrected chi connectivity index (χ0v) is 30.1. The number of aliphatic hydroxyl groups excluding tert-OH is 2. The third kappa shape index (κ3) is 20.8. The Bertz CT molecular complexity index is 590. The second-order valence-electron chi connectivity index (χ2n) is 16.3. The highest BCUT2D eigenvalue weighted by molar-refractivity contribution is 4.79. The van der Waals surface area contributed by atoms with Crippen molar-refractivity contribution >= 4 is 0 Å². The number of aliphatic hydroxyl groups is 2. The molecule has 2 heteroatoms. The van der Waals surface area contributed by atoms with E-state index < -0.39 is 0 Å². The van der Waals surface area contributed by atoms with E-state index in [9.17, 15) is 0 Å². The molecule has 0 radical (unpaired) electrons. The Morgan fingerprint density at radius 3 is 1.21 bits per heavy atom. The molecule has 0 spiro atoms. The van der Waals surface area contributed by atoms with Crippen molar-refractivity contribution in [3.63, 3.8) is 0 Å². The second kappa shape index (κ2) is 25.2. The van der Waals surface area contributed by atoms with Crippen molar-refractivity contribution in [3.05, 3.63) is 0 Å². The molecular formula is C40H80O2. The molecule has 0 saturated heterocycles. The summed E-state index contributed by atoms with van der Waals surface area (Å²) in [6.07, 6.45) is 30.2. The van der Waals surface area contributed by atoms with Crippen molar-refractivity contribution in [1.82, 2.24) is 0 Å².